The van der Waals surface area contributed by atoms with Crippen molar-refractivity contribution >= 4 is 5.91 Å². The molecule has 0 radical (unpaired) electrons. The van der Waals surface area contributed by atoms with E-state index in [-0.39, 0.29) is 5.91 Å². The Kier molecular flexibility index (Phi) is 4.56. The van der Waals surface area contributed by atoms with E-state index >= 15 is 0 Å². The maximum atomic E-state index is 11.6. The van der Waals surface area contributed by atoms with Crippen molar-refractivity contribution in [1.82, 2.24) is 5.32 Å². The molecule has 0 fully saturated rings. The molecule has 3 nitrogen and oxygen atoms in total. The van der Waals surface area contributed by atoms with E-state index < -0.39 is 0 Å². The Morgan fingerprint density at radius 1 is 1.47 bits per heavy atom. The normalized spacial score (nSPS) is 24.9. The van der Waals surface area contributed by atoms with Crippen molar-refractivity contribution in [3.8, 4) is 0 Å². The highest BCUT2D eigenvalue weighted by Gasteiger charge is 2.15. The van der Waals surface area contributed by atoms with Crippen LogP contribution in [-0.2, 0) is 9.53 Å². The van der Waals surface area contributed by atoms with Gasteiger partial charge in [0.2, 0.25) is 0 Å². The van der Waals surface area contributed by atoms with Crippen molar-refractivity contribution in [3.63, 3.8) is 0 Å². The number of ether oxygens (including phenoxy) is 1. The Hall–Kier alpha value is -1.09. The van der Waals surface area contributed by atoms with Crippen LogP contribution in [0.25, 0.3) is 0 Å². The lowest BCUT2D eigenvalue weighted by molar-refractivity contribution is -0.117. The van der Waals surface area contributed by atoms with Crippen LogP contribution in [0.15, 0.2) is 23.8 Å². The van der Waals surface area contributed by atoms with E-state index in [1.165, 1.54) is 0 Å². The van der Waals surface area contributed by atoms with Gasteiger partial charge in [0.25, 0.3) is 5.91 Å². The molecular weight excluding hydrogens is 190 g/mol. The molecule has 0 aromatic rings. The highest BCUT2D eigenvalue weighted by atomic mass is 16.5. The molecule has 1 N–H and O–H groups in total. The number of rotatable bonds is 4. The summed E-state index contributed by atoms with van der Waals surface area (Å²) in [5.74, 6) is 0.931. The minimum atomic E-state index is -0.0120. The summed E-state index contributed by atoms with van der Waals surface area (Å²) in [6.07, 6.45) is 6.00. The van der Waals surface area contributed by atoms with Crippen LogP contribution < -0.4 is 5.32 Å². The van der Waals surface area contributed by atoms with E-state index in [0.717, 1.165) is 5.57 Å². The number of allylic oxidation sites excluding steroid dienone is 2. The summed E-state index contributed by atoms with van der Waals surface area (Å²) in [6.45, 7) is 5.38. The molecule has 15 heavy (non-hydrogen) atoms. The predicted molar refractivity (Wildman–Crippen MR) is 60.4 cm³/mol. The van der Waals surface area contributed by atoms with Crippen LogP contribution in [0.5, 0.6) is 0 Å². The Bertz CT molecular complexity index is 281. The van der Waals surface area contributed by atoms with Gasteiger partial charge >= 0.3 is 0 Å². The molecule has 3 heteroatoms. The fraction of sp³-hybridized carbons (Fsp3) is 0.583. The lowest BCUT2D eigenvalue weighted by Gasteiger charge is -2.18. The lowest BCUT2D eigenvalue weighted by Crippen LogP contribution is -2.29. The molecular formula is C12H19NO2. The highest BCUT2D eigenvalue weighted by molar-refractivity contribution is 5.96. The third-order valence-electron chi connectivity index (χ3n) is 2.71. The first-order chi connectivity index (χ1) is 7.15. The molecule has 84 valence electrons. The van der Waals surface area contributed by atoms with Gasteiger partial charge in [-0.25, -0.2) is 0 Å². The zero-order valence-corrected chi connectivity index (χ0v) is 9.62. The molecule has 0 aromatic carbocycles. The summed E-state index contributed by atoms with van der Waals surface area (Å²) >= 11 is 0. The van der Waals surface area contributed by atoms with Gasteiger partial charge in [-0.1, -0.05) is 32.1 Å². The zero-order chi connectivity index (χ0) is 11.3. The Balaban J connectivity index is 2.47. The molecule has 1 rings (SSSR count). The average molecular weight is 209 g/mol. The van der Waals surface area contributed by atoms with Crippen LogP contribution in [-0.4, -0.2) is 26.2 Å². The number of carbonyl (C=O) groups excluding carboxylic acids is 1. The van der Waals surface area contributed by atoms with Gasteiger partial charge < -0.3 is 10.1 Å². The highest BCUT2D eigenvalue weighted by Crippen LogP contribution is 2.21. The Labute approximate surface area is 91.2 Å². The number of hydrogen-bond acceptors (Lipinski definition) is 2. The first kappa shape index (κ1) is 12.0. The van der Waals surface area contributed by atoms with E-state index in [9.17, 15) is 4.79 Å². The number of carbonyl (C=O) groups is 1. The van der Waals surface area contributed by atoms with Crippen LogP contribution in [0.2, 0.25) is 0 Å². The molecule has 0 saturated carbocycles. The second-order valence-electron chi connectivity index (χ2n) is 3.95. The summed E-state index contributed by atoms with van der Waals surface area (Å²) in [6, 6.07) is 0. The summed E-state index contributed by atoms with van der Waals surface area (Å²) in [4.78, 5) is 11.6. The molecule has 2 unspecified atom stereocenters. The van der Waals surface area contributed by atoms with Gasteiger partial charge in [0.05, 0.1) is 6.61 Å². The fourth-order valence-corrected chi connectivity index (χ4v) is 1.44. The number of methoxy groups -OCH3 is 1. The Morgan fingerprint density at radius 3 is 2.80 bits per heavy atom. The lowest BCUT2D eigenvalue weighted by atomic mass is 9.88. The minimum absolute atomic E-state index is 0.0120. The summed E-state index contributed by atoms with van der Waals surface area (Å²) < 4.78 is 4.87. The average Bonchev–Trinajstić information content (AvgIpc) is 2.22. The van der Waals surface area contributed by atoms with Crippen molar-refractivity contribution in [3.05, 3.63) is 23.8 Å². The molecule has 0 heterocycles. The molecule has 1 aliphatic rings. The van der Waals surface area contributed by atoms with Crippen molar-refractivity contribution in [2.75, 3.05) is 20.3 Å². The molecule has 1 amide bonds. The van der Waals surface area contributed by atoms with Gasteiger partial charge in [-0.05, 0) is 11.8 Å². The van der Waals surface area contributed by atoms with E-state index in [1.54, 1.807) is 7.11 Å². The Morgan fingerprint density at radius 2 is 2.20 bits per heavy atom. The summed E-state index contributed by atoms with van der Waals surface area (Å²) in [5, 5.41) is 2.81. The van der Waals surface area contributed by atoms with Crippen LogP contribution in [0.3, 0.4) is 0 Å². The molecule has 0 spiro atoms. The van der Waals surface area contributed by atoms with Gasteiger partial charge in [0, 0.05) is 19.2 Å². The van der Waals surface area contributed by atoms with Gasteiger partial charge in [0.15, 0.2) is 0 Å². The zero-order valence-electron chi connectivity index (χ0n) is 9.62. The first-order valence-electron chi connectivity index (χ1n) is 5.32. The van der Waals surface area contributed by atoms with Gasteiger partial charge in [-0.2, -0.15) is 0 Å². The topological polar surface area (TPSA) is 38.3 Å². The summed E-state index contributed by atoms with van der Waals surface area (Å²) in [7, 11) is 1.62. The summed E-state index contributed by atoms with van der Waals surface area (Å²) in [5.41, 5.74) is 0.761. The SMILES string of the molecule is COCCNC(=O)C1=CC(C)C(C)C=C1. The fourth-order valence-electron chi connectivity index (χ4n) is 1.44. The van der Waals surface area contributed by atoms with Crippen LogP contribution >= 0.6 is 0 Å². The third kappa shape index (κ3) is 3.51. The number of nitrogens with one attached hydrogen (secondary N) is 1. The quantitative estimate of drug-likeness (QED) is 0.713. The minimum Gasteiger partial charge on any atom is -0.383 e. The van der Waals surface area contributed by atoms with Crippen LogP contribution in [0.4, 0.5) is 0 Å². The van der Waals surface area contributed by atoms with Crippen LogP contribution in [0, 0.1) is 11.8 Å². The van der Waals surface area contributed by atoms with Gasteiger partial charge in [-0.15, -0.1) is 0 Å². The third-order valence-corrected chi connectivity index (χ3v) is 2.71. The van der Waals surface area contributed by atoms with Crippen LogP contribution in [0.1, 0.15) is 13.8 Å². The molecule has 2 atom stereocenters. The molecule has 0 aliphatic heterocycles. The first-order valence-corrected chi connectivity index (χ1v) is 5.32. The van der Waals surface area contributed by atoms with Crippen molar-refractivity contribution in [2.24, 2.45) is 11.8 Å². The predicted octanol–water partition coefficient (Wildman–Crippen LogP) is 1.52. The van der Waals surface area contributed by atoms with E-state index in [2.05, 4.69) is 25.2 Å². The van der Waals surface area contributed by atoms with E-state index in [4.69, 9.17) is 4.74 Å². The van der Waals surface area contributed by atoms with E-state index in [0.29, 0.717) is 25.0 Å². The van der Waals surface area contributed by atoms with Crippen molar-refractivity contribution in [2.45, 2.75) is 13.8 Å². The molecule has 0 bridgehead atoms. The number of hydrogen-bond donors (Lipinski definition) is 1. The van der Waals surface area contributed by atoms with Crippen molar-refractivity contribution < 1.29 is 9.53 Å². The second-order valence-corrected chi connectivity index (χ2v) is 3.95. The maximum Gasteiger partial charge on any atom is 0.251 e. The van der Waals surface area contributed by atoms with Crippen molar-refractivity contribution in [1.29, 1.82) is 0 Å². The van der Waals surface area contributed by atoms with Gasteiger partial charge in [0.1, 0.15) is 0 Å². The molecule has 0 saturated heterocycles. The van der Waals surface area contributed by atoms with Gasteiger partial charge in [-0.3, -0.25) is 4.79 Å². The van der Waals surface area contributed by atoms with E-state index in [1.807, 2.05) is 12.2 Å². The number of amides is 1. The maximum absolute atomic E-state index is 11.6. The molecule has 0 aromatic heterocycles. The smallest absolute Gasteiger partial charge is 0.251 e. The monoisotopic (exact) mass is 209 g/mol. The standard InChI is InChI=1S/C12H19NO2/c1-9-4-5-11(8-10(9)2)12(14)13-6-7-15-3/h4-5,8-10H,6-7H2,1-3H3,(H,13,14). The molecule has 1 aliphatic carbocycles. The second kappa shape index (κ2) is 5.71. The largest absolute Gasteiger partial charge is 0.383 e.